The summed E-state index contributed by atoms with van der Waals surface area (Å²) in [5.74, 6) is 0. The Hall–Kier alpha value is -3.55. The quantitative estimate of drug-likeness (QED) is 0.118. The molecule has 4 aliphatic heterocycles. The van der Waals surface area contributed by atoms with Gasteiger partial charge in [-0.15, -0.1) is 0 Å². The maximum Gasteiger partial charge on any atom is 0.737 e. The lowest BCUT2D eigenvalue weighted by molar-refractivity contribution is -0.363. The van der Waals surface area contributed by atoms with Crippen LogP contribution in [-0.4, -0.2) is 43.3 Å². The second-order valence-electron chi connectivity index (χ2n) is 12.1. The van der Waals surface area contributed by atoms with E-state index in [9.17, 15) is 0 Å². The molecule has 0 saturated carbocycles. The molecule has 0 fully saturated rings. The Morgan fingerprint density at radius 2 is 1.07 bits per heavy atom. The van der Waals surface area contributed by atoms with Crippen molar-refractivity contribution in [1.29, 1.82) is 0 Å². The highest BCUT2D eigenvalue weighted by atomic mass is 19.3. The fourth-order valence-electron chi connectivity index (χ4n) is 7.17. The van der Waals surface area contributed by atoms with E-state index in [-0.39, 0.29) is 0 Å². The lowest BCUT2D eigenvalue weighted by Gasteiger charge is -2.30. The van der Waals surface area contributed by atoms with Crippen molar-refractivity contribution in [2.75, 3.05) is 0 Å². The predicted molar refractivity (Wildman–Crippen MR) is 165 cm³/mol. The molecule has 0 radical (unpaired) electrons. The lowest BCUT2D eigenvalue weighted by atomic mass is 9.90. The van der Waals surface area contributed by atoms with Crippen LogP contribution in [0.25, 0.3) is 12.2 Å². The summed E-state index contributed by atoms with van der Waals surface area (Å²) in [5, 5.41) is 0. The summed E-state index contributed by atoms with van der Waals surface area (Å²) in [6.07, 6.45) is 21.9. The predicted octanol–water partition coefficient (Wildman–Crippen LogP) is 8.10. The molecule has 0 amide bonds. The van der Waals surface area contributed by atoms with E-state index in [1.54, 1.807) is 19.9 Å². The number of rotatable bonds is 10. The lowest BCUT2D eigenvalue weighted by Crippen LogP contribution is -2.50. The van der Waals surface area contributed by atoms with E-state index in [2.05, 4.69) is 12.2 Å². The van der Waals surface area contributed by atoms with Gasteiger partial charge in [0, 0.05) is 60.7 Å². The van der Waals surface area contributed by atoms with Gasteiger partial charge in [-0.1, -0.05) is 18.6 Å². The van der Waals surface area contributed by atoms with E-state index in [4.69, 9.17) is 0 Å². The van der Waals surface area contributed by atoms with Crippen molar-refractivity contribution in [1.82, 2.24) is 8.96 Å². The molecule has 0 bridgehead atoms. The summed E-state index contributed by atoms with van der Waals surface area (Å²) < 4.78 is 67.0. The number of allylic oxidation sites excluding steroid dienone is 6. The molecule has 0 N–H and O–H groups in total. The summed E-state index contributed by atoms with van der Waals surface area (Å²) in [7, 11) is 0. The Labute approximate surface area is 245 Å². The molecule has 220 valence electrons. The van der Waals surface area contributed by atoms with E-state index in [1.165, 1.54) is 17.9 Å². The zero-order valence-corrected chi connectivity index (χ0v) is 24.9. The summed E-state index contributed by atoms with van der Waals surface area (Å²) in [5.41, 5.74) is 6.64. The van der Waals surface area contributed by atoms with Crippen molar-refractivity contribution in [3.05, 3.63) is 93.9 Å². The molecule has 2 aromatic rings. The first-order valence-corrected chi connectivity index (χ1v) is 15.2. The zero-order valence-electron chi connectivity index (χ0n) is 24.9. The van der Waals surface area contributed by atoms with Crippen LogP contribution in [0.15, 0.2) is 60.0 Å². The summed E-state index contributed by atoms with van der Waals surface area (Å²) in [4.78, 5) is 0. The highest BCUT2D eigenvalue weighted by Crippen LogP contribution is 2.36. The van der Waals surface area contributed by atoms with Crippen LogP contribution >= 0.6 is 0 Å². The highest BCUT2D eigenvalue weighted by molar-refractivity contribution is 6.58. The minimum Gasteiger partial charge on any atom is -0.394 e. The van der Waals surface area contributed by atoms with Gasteiger partial charge in [0.25, 0.3) is 0 Å². The first-order chi connectivity index (χ1) is 20.0. The number of hydrogen-bond acceptors (Lipinski definition) is 0. The standard InChI is InChI=1S/C32H38B2F4N4/c1-23-19-25(3)39-31(23)21-29-17-15-27(41(29)33(39,35)36)13-11-9-7-5-6-8-10-12-14-28-16-18-30-22-32-24(2)20-26(4)40(32)34(37,38)42(28)30/h5,7,15-22H,6,8-14H2,1-4H3/b7-5+. The Bertz CT molecular complexity index is 1680. The van der Waals surface area contributed by atoms with Crippen LogP contribution in [0.5, 0.6) is 0 Å². The number of nitrogens with zero attached hydrogens (tertiary/aromatic N) is 4. The number of aromatic nitrogens is 2. The monoisotopic (exact) mass is 576 g/mol. The smallest absolute Gasteiger partial charge is 0.394 e. The molecule has 0 aliphatic carbocycles. The Balaban J connectivity index is 0.962. The second-order valence-corrected chi connectivity index (χ2v) is 12.1. The number of unbranched alkanes of at least 4 members (excludes halogenated alkanes) is 4. The van der Waals surface area contributed by atoms with Crippen molar-refractivity contribution in [3.63, 3.8) is 0 Å². The third kappa shape index (κ3) is 4.63. The second kappa shape index (κ2) is 10.6. The van der Waals surface area contributed by atoms with Gasteiger partial charge in [-0.25, -0.2) is 0 Å². The fraction of sp³-hybridized carbons (Fsp3) is 0.375. The van der Waals surface area contributed by atoms with Crippen molar-refractivity contribution in [3.8, 4) is 0 Å². The molecule has 6 rings (SSSR count). The van der Waals surface area contributed by atoms with Crippen LogP contribution in [0.4, 0.5) is 17.3 Å². The molecule has 4 nitrogen and oxygen atoms in total. The SMILES string of the molecule is Cc1cc(C)n2c1C=C1C=CC(CCC/C=C/CCCCCC3=[N+]4C(=Cc5c(C)cc(C)n5[B-]4(F)F)C=C3)=[N+]1[B-]2(F)F. The zero-order chi connectivity index (χ0) is 29.8. The number of fused-ring (bicyclic) bond motifs is 4. The molecular formula is C32H38B2F4N4. The third-order valence-corrected chi connectivity index (χ3v) is 9.09. The molecule has 0 unspecified atom stereocenters. The summed E-state index contributed by atoms with van der Waals surface area (Å²) in [6, 6.07) is 3.65. The van der Waals surface area contributed by atoms with Gasteiger partial charge in [0.05, 0.1) is 0 Å². The minimum absolute atomic E-state index is 0.572. The van der Waals surface area contributed by atoms with Crippen molar-refractivity contribution in [2.45, 2.75) is 79.1 Å². The van der Waals surface area contributed by atoms with Gasteiger partial charge in [-0.3, -0.25) is 0 Å². The summed E-state index contributed by atoms with van der Waals surface area (Å²) >= 11 is 0. The Morgan fingerprint density at radius 1 is 0.619 bits per heavy atom. The molecule has 0 aromatic carbocycles. The van der Waals surface area contributed by atoms with Crippen LogP contribution in [0, 0.1) is 27.7 Å². The van der Waals surface area contributed by atoms with Gasteiger partial charge in [-0.2, -0.15) is 0 Å². The van der Waals surface area contributed by atoms with E-state index in [1.807, 2.05) is 56.4 Å². The normalized spacial score (nSPS) is 19.4. The number of hydrogen-bond donors (Lipinski definition) is 0. The van der Waals surface area contributed by atoms with Crippen LogP contribution in [0.2, 0.25) is 0 Å². The summed E-state index contributed by atoms with van der Waals surface area (Å²) in [6.45, 7) is -0.555. The van der Waals surface area contributed by atoms with Crippen LogP contribution in [0.3, 0.4) is 0 Å². The van der Waals surface area contributed by atoms with Crippen LogP contribution < -0.4 is 0 Å². The van der Waals surface area contributed by atoms with Crippen LogP contribution in [0.1, 0.15) is 85.3 Å². The Morgan fingerprint density at radius 3 is 1.57 bits per heavy atom. The van der Waals surface area contributed by atoms with E-state index < -0.39 is 13.9 Å². The fourth-order valence-corrected chi connectivity index (χ4v) is 7.17. The molecule has 4 aliphatic rings. The molecule has 0 spiro atoms. The highest BCUT2D eigenvalue weighted by Gasteiger charge is 2.53. The third-order valence-electron chi connectivity index (χ3n) is 9.09. The topological polar surface area (TPSA) is 15.9 Å². The molecule has 0 saturated heterocycles. The van der Waals surface area contributed by atoms with Gasteiger partial charge in [-0.05, 0) is 94.4 Å². The minimum atomic E-state index is -3.90. The first kappa shape index (κ1) is 28.6. The largest absolute Gasteiger partial charge is 0.737 e. The Kier molecular flexibility index (Phi) is 7.22. The molecule has 2 aromatic heterocycles. The maximum absolute atomic E-state index is 15.5. The van der Waals surface area contributed by atoms with E-state index in [0.29, 0.717) is 58.4 Å². The molecule has 6 heterocycles. The molecule has 42 heavy (non-hydrogen) atoms. The van der Waals surface area contributed by atoms with E-state index in [0.717, 1.165) is 49.7 Å². The average Bonchev–Trinajstić information content (AvgIpc) is 3.66. The van der Waals surface area contributed by atoms with Gasteiger partial charge < -0.3 is 35.2 Å². The maximum atomic E-state index is 15.5. The number of halogens is 4. The van der Waals surface area contributed by atoms with Gasteiger partial charge in [0.1, 0.15) is 11.4 Å². The average molecular weight is 576 g/mol. The van der Waals surface area contributed by atoms with Gasteiger partial charge >= 0.3 is 13.9 Å². The number of aryl methyl sites for hydroxylation is 4. The van der Waals surface area contributed by atoms with Gasteiger partial charge in [0.15, 0.2) is 11.4 Å². The van der Waals surface area contributed by atoms with Crippen molar-refractivity contribution >= 4 is 37.5 Å². The van der Waals surface area contributed by atoms with Gasteiger partial charge in [0.2, 0.25) is 0 Å². The van der Waals surface area contributed by atoms with Crippen molar-refractivity contribution in [2.24, 2.45) is 0 Å². The molecular weight excluding hydrogens is 538 g/mol. The van der Waals surface area contributed by atoms with Crippen LogP contribution in [-0.2, 0) is 0 Å². The van der Waals surface area contributed by atoms with E-state index >= 15 is 17.3 Å². The molecule has 0 atom stereocenters. The first-order valence-electron chi connectivity index (χ1n) is 15.2. The molecule has 10 heteroatoms. The van der Waals surface area contributed by atoms with Crippen molar-refractivity contribution < 1.29 is 26.2 Å².